The highest BCUT2D eigenvalue weighted by atomic mass is 32.2. The van der Waals surface area contributed by atoms with E-state index in [0.29, 0.717) is 0 Å². The molecule has 18 heavy (non-hydrogen) atoms. The third kappa shape index (κ3) is 4.48. The van der Waals surface area contributed by atoms with Crippen LogP contribution in [-0.4, -0.2) is 12.3 Å². The van der Waals surface area contributed by atoms with Crippen LogP contribution in [0.5, 0.6) is 0 Å². The smallest absolute Gasteiger partial charge is 0.0300 e. The van der Waals surface area contributed by atoms with Crippen molar-refractivity contribution >= 4 is 23.1 Å². The number of aryl methyl sites for hydroxylation is 1. The van der Waals surface area contributed by atoms with Gasteiger partial charge >= 0.3 is 0 Å². The Morgan fingerprint density at radius 2 is 1.83 bits per heavy atom. The van der Waals surface area contributed by atoms with Crippen molar-refractivity contribution in [1.29, 1.82) is 0 Å². The SMILES string of the molecule is CCc1ccc(CNCCSc2ccccc2)s1. The molecule has 96 valence electrons. The lowest BCUT2D eigenvalue weighted by Crippen LogP contribution is -2.15. The maximum atomic E-state index is 3.50. The van der Waals surface area contributed by atoms with E-state index in [0.717, 1.165) is 25.3 Å². The molecular weight excluding hydrogens is 258 g/mol. The van der Waals surface area contributed by atoms with Gasteiger partial charge in [0.1, 0.15) is 0 Å². The molecule has 0 amide bonds. The van der Waals surface area contributed by atoms with Crippen LogP contribution >= 0.6 is 23.1 Å². The minimum Gasteiger partial charge on any atom is -0.311 e. The van der Waals surface area contributed by atoms with Gasteiger partial charge in [-0.1, -0.05) is 25.1 Å². The third-order valence-electron chi connectivity index (χ3n) is 2.66. The Morgan fingerprint density at radius 1 is 1.06 bits per heavy atom. The summed E-state index contributed by atoms with van der Waals surface area (Å²) < 4.78 is 0. The number of rotatable bonds is 7. The van der Waals surface area contributed by atoms with Crippen molar-refractivity contribution in [3.05, 3.63) is 52.2 Å². The van der Waals surface area contributed by atoms with Crippen LogP contribution in [0.4, 0.5) is 0 Å². The molecule has 3 heteroatoms. The van der Waals surface area contributed by atoms with Crippen molar-refractivity contribution in [2.75, 3.05) is 12.3 Å². The predicted octanol–water partition coefficient (Wildman–Crippen LogP) is 4.19. The molecule has 2 aromatic rings. The predicted molar refractivity (Wildman–Crippen MR) is 82.6 cm³/mol. The van der Waals surface area contributed by atoms with E-state index < -0.39 is 0 Å². The number of benzene rings is 1. The number of hydrogen-bond donors (Lipinski definition) is 1. The average Bonchev–Trinajstić information content (AvgIpc) is 2.87. The van der Waals surface area contributed by atoms with Gasteiger partial charge in [0, 0.05) is 33.5 Å². The number of nitrogens with one attached hydrogen (secondary N) is 1. The lowest BCUT2D eigenvalue weighted by atomic mass is 10.3. The molecule has 0 unspecified atom stereocenters. The normalized spacial score (nSPS) is 10.7. The van der Waals surface area contributed by atoms with Crippen LogP contribution in [0.15, 0.2) is 47.4 Å². The highest BCUT2D eigenvalue weighted by Crippen LogP contribution is 2.17. The van der Waals surface area contributed by atoms with E-state index in [1.165, 1.54) is 14.6 Å². The molecule has 1 heterocycles. The minimum absolute atomic E-state index is 1.00. The fraction of sp³-hybridized carbons (Fsp3) is 0.333. The van der Waals surface area contributed by atoms with Crippen molar-refractivity contribution < 1.29 is 0 Å². The molecule has 1 aromatic heterocycles. The topological polar surface area (TPSA) is 12.0 Å². The van der Waals surface area contributed by atoms with Crippen molar-refractivity contribution in [1.82, 2.24) is 5.32 Å². The molecule has 0 aliphatic carbocycles. The van der Waals surface area contributed by atoms with Crippen LogP contribution in [-0.2, 0) is 13.0 Å². The molecule has 0 spiro atoms. The fourth-order valence-electron chi connectivity index (χ4n) is 1.68. The van der Waals surface area contributed by atoms with Gasteiger partial charge in [0.15, 0.2) is 0 Å². The summed E-state index contributed by atoms with van der Waals surface area (Å²) >= 11 is 3.82. The van der Waals surface area contributed by atoms with Crippen LogP contribution in [0.1, 0.15) is 16.7 Å². The minimum atomic E-state index is 1.00. The molecule has 0 aliphatic rings. The Morgan fingerprint density at radius 3 is 2.56 bits per heavy atom. The van der Waals surface area contributed by atoms with Crippen molar-refractivity contribution in [2.45, 2.75) is 24.8 Å². The summed E-state index contributed by atoms with van der Waals surface area (Å²) in [6.07, 6.45) is 1.15. The van der Waals surface area contributed by atoms with Crippen LogP contribution in [0.3, 0.4) is 0 Å². The quantitative estimate of drug-likeness (QED) is 0.601. The van der Waals surface area contributed by atoms with Gasteiger partial charge in [-0.05, 0) is 30.7 Å². The maximum Gasteiger partial charge on any atom is 0.0300 e. The maximum absolute atomic E-state index is 3.50. The first-order valence-corrected chi connectivity index (χ1v) is 8.15. The number of hydrogen-bond acceptors (Lipinski definition) is 3. The average molecular weight is 277 g/mol. The van der Waals surface area contributed by atoms with E-state index >= 15 is 0 Å². The van der Waals surface area contributed by atoms with Crippen LogP contribution in [0.2, 0.25) is 0 Å². The summed E-state index contributed by atoms with van der Waals surface area (Å²) in [5.74, 6) is 1.12. The van der Waals surface area contributed by atoms with E-state index in [1.807, 2.05) is 23.1 Å². The van der Waals surface area contributed by atoms with Crippen LogP contribution in [0, 0.1) is 0 Å². The first kappa shape index (κ1) is 13.7. The van der Waals surface area contributed by atoms with Gasteiger partial charge in [0.2, 0.25) is 0 Å². The van der Waals surface area contributed by atoms with Crippen molar-refractivity contribution in [3.63, 3.8) is 0 Å². The van der Waals surface area contributed by atoms with Crippen molar-refractivity contribution in [3.8, 4) is 0 Å². The molecule has 0 atom stereocenters. The van der Waals surface area contributed by atoms with E-state index in [1.54, 1.807) is 0 Å². The Bertz CT molecular complexity index is 451. The van der Waals surface area contributed by atoms with E-state index in [2.05, 4.69) is 54.7 Å². The molecule has 0 bridgehead atoms. The first-order valence-electron chi connectivity index (χ1n) is 6.34. The summed E-state index contributed by atoms with van der Waals surface area (Å²) in [5, 5.41) is 3.50. The molecule has 0 fully saturated rings. The summed E-state index contributed by atoms with van der Waals surface area (Å²) in [5.41, 5.74) is 0. The Labute approximate surface area is 118 Å². The molecular formula is C15H19NS2. The lowest BCUT2D eigenvalue weighted by molar-refractivity contribution is 0.741. The summed E-state index contributed by atoms with van der Waals surface area (Å²) in [6.45, 7) is 4.26. The number of thioether (sulfide) groups is 1. The second kappa shape index (κ2) is 7.62. The van der Waals surface area contributed by atoms with Crippen LogP contribution in [0.25, 0.3) is 0 Å². The van der Waals surface area contributed by atoms with Crippen molar-refractivity contribution in [2.24, 2.45) is 0 Å². The molecule has 2 rings (SSSR count). The van der Waals surface area contributed by atoms with Gasteiger partial charge in [-0.2, -0.15) is 0 Å². The Kier molecular flexibility index (Phi) is 5.78. The Balaban J connectivity index is 1.61. The standard InChI is InChI=1S/C15H19NS2/c1-2-13-8-9-15(18-13)12-16-10-11-17-14-6-4-3-5-7-14/h3-9,16H,2,10-12H2,1H3. The molecule has 0 saturated heterocycles. The largest absolute Gasteiger partial charge is 0.311 e. The lowest BCUT2D eigenvalue weighted by Gasteiger charge is -2.03. The molecule has 1 N–H and O–H groups in total. The molecule has 0 radical (unpaired) electrons. The third-order valence-corrected chi connectivity index (χ3v) is 4.90. The fourth-order valence-corrected chi connectivity index (χ4v) is 3.44. The monoisotopic (exact) mass is 277 g/mol. The zero-order chi connectivity index (χ0) is 12.6. The highest BCUT2D eigenvalue weighted by Gasteiger charge is 1.98. The van der Waals surface area contributed by atoms with E-state index in [4.69, 9.17) is 0 Å². The van der Waals surface area contributed by atoms with Gasteiger partial charge in [-0.3, -0.25) is 0 Å². The van der Waals surface area contributed by atoms with E-state index in [9.17, 15) is 0 Å². The molecule has 1 aromatic carbocycles. The Hall–Kier alpha value is -0.770. The summed E-state index contributed by atoms with van der Waals surface area (Å²) in [6, 6.07) is 15.0. The van der Waals surface area contributed by atoms with E-state index in [-0.39, 0.29) is 0 Å². The van der Waals surface area contributed by atoms with Gasteiger partial charge in [-0.15, -0.1) is 23.1 Å². The van der Waals surface area contributed by atoms with Gasteiger partial charge in [0.05, 0.1) is 0 Å². The zero-order valence-electron chi connectivity index (χ0n) is 10.7. The van der Waals surface area contributed by atoms with Crippen LogP contribution < -0.4 is 5.32 Å². The number of thiophene rings is 1. The molecule has 0 aliphatic heterocycles. The first-order chi connectivity index (χ1) is 8.88. The van der Waals surface area contributed by atoms with Gasteiger partial charge < -0.3 is 5.32 Å². The van der Waals surface area contributed by atoms with Gasteiger partial charge in [0.25, 0.3) is 0 Å². The summed E-state index contributed by atoms with van der Waals surface area (Å²) in [4.78, 5) is 4.27. The highest BCUT2D eigenvalue weighted by molar-refractivity contribution is 7.99. The second-order valence-corrected chi connectivity index (χ2v) is 6.48. The second-order valence-electron chi connectivity index (χ2n) is 4.06. The summed E-state index contributed by atoms with van der Waals surface area (Å²) in [7, 11) is 0. The van der Waals surface area contributed by atoms with Gasteiger partial charge in [-0.25, -0.2) is 0 Å². The molecule has 0 saturated carbocycles. The zero-order valence-corrected chi connectivity index (χ0v) is 12.3. The molecule has 1 nitrogen and oxygen atoms in total.